The minimum atomic E-state index is -4.67. The Balaban J connectivity index is 1.62. The molecule has 4 heterocycles. The highest BCUT2D eigenvalue weighted by Gasteiger charge is 2.32. The lowest BCUT2D eigenvalue weighted by Gasteiger charge is -2.32. The number of aryl methyl sites for hydroxylation is 3. The first-order chi connectivity index (χ1) is 16.6. The Morgan fingerprint density at radius 3 is 2.51 bits per heavy atom. The van der Waals surface area contributed by atoms with Crippen LogP contribution in [-0.4, -0.2) is 49.4 Å². The van der Waals surface area contributed by atoms with Gasteiger partial charge in [0.2, 0.25) is 5.95 Å². The Morgan fingerprint density at radius 1 is 1.06 bits per heavy atom. The molecule has 1 atom stereocenters. The third-order valence-electron chi connectivity index (χ3n) is 5.93. The van der Waals surface area contributed by atoms with Crippen LogP contribution in [0.2, 0.25) is 0 Å². The number of hydrogen-bond acceptors (Lipinski definition) is 7. The third-order valence-corrected chi connectivity index (χ3v) is 5.93. The molecule has 0 bridgehead atoms. The standard InChI is InChI=1S/C23H21F4N7O/c1-12-13(2)30-21-20(29-12)19(16-5-4-15(8-17(16)24)23(25,26)27)31-22(32-21)34-6-7-35-18(11-34)14-9-28-33(3)10-14/h4-5,8-10,18H,6-7,11H2,1-3H3/t18-/m1/s1. The van der Waals surface area contributed by atoms with Crippen LogP contribution in [-0.2, 0) is 18.0 Å². The molecule has 4 aromatic rings. The van der Waals surface area contributed by atoms with E-state index in [9.17, 15) is 17.6 Å². The summed E-state index contributed by atoms with van der Waals surface area (Å²) in [6.07, 6.45) is -1.37. The highest BCUT2D eigenvalue weighted by atomic mass is 19.4. The van der Waals surface area contributed by atoms with Crippen LogP contribution in [0.4, 0.5) is 23.5 Å². The van der Waals surface area contributed by atoms with Gasteiger partial charge >= 0.3 is 6.18 Å². The van der Waals surface area contributed by atoms with Crippen molar-refractivity contribution in [1.82, 2.24) is 29.7 Å². The molecule has 0 saturated carbocycles. The van der Waals surface area contributed by atoms with E-state index in [-0.39, 0.29) is 34.5 Å². The van der Waals surface area contributed by atoms with Gasteiger partial charge in [0.1, 0.15) is 23.1 Å². The summed E-state index contributed by atoms with van der Waals surface area (Å²) < 4.78 is 61.8. The van der Waals surface area contributed by atoms with Gasteiger partial charge in [-0.1, -0.05) is 0 Å². The summed E-state index contributed by atoms with van der Waals surface area (Å²) in [6, 6.07) is 2.36. The fourth-order valence-electron chi connectivity index (χ4n) is 3.95. The average Bonchev–Trinajstić information content (AvgIpc) is 3.25. The molecular weight excluding hydrogens is 466 g/mol. The van der Waals surface area contributed by atoms with E-state index < -0.39 is 17.6 Å². The molecule has 1 aliphatic rings. The maximum Gasteiger partial charge on any atom is 0.416 e. The zero-order chi connectivity index (χ0) is 24.9. The van der Waals surface area contributed by atoms with Gasteiger partial charge in [0.05, 0.1) is 36.3 Å². The largest absolute Gasteiger partial charge is 0.416 e. The summed E-state index contributed by atoms with van der Waals surface area (Å²) in [5.74, 6) is -0.789. The summed E-state index contributed by atoms with van der Waals surface area (Å²) in [7, 11) is 1.81. The molecular formula is C23H21F4N7O. The molecule has 0 aliphatic carbocycles. The molecule has 1 fully saturated rings. The van der Waals surface area contributed by atoms with Gasteiger partial charge in [-0.05, 0) is 32.0 Å². The SMILES string of the molecule is Cc1nc2nc(N3CCO[C@@H](c4cnn(C)c4)C3)nc(-c3ccc(C(F)(F)F)cc3F)c2nc1C. The predicted molar refractivity (Wildman–Crippen MR) is 119 cm³/mol. The van der Waals surface area contributed by atoms with Gasteiger partial charge in [0, 0.05) is 30.9 Å². The van der Waals surface area contributed by atoms with Crippen molar-refractivity contribution >= 4 is 17.1 Å². The topological polar surface area (TPSA) is 81.9 Å². The summed E-state index contributed by atoms with van der Waals surface area (Å²) in [5, 5.41) is 4.18. The average molecular weight is 487 g/mol. The predicted octanol–water partition coefficient (Wildman–Crippen LogP) is 4.17. The Morgan fingerprint density at radius 2 is 1.83 bits per heavy atom. The second-order valence-corrected chi connectivity index (χ2v) is 8.38. The van der Waals surface area contributed by atoms with E-state index in [0.717, 1.165) is 17.7 Å². The highest BCUT2D eigenvalue weighted by Crippen LogP contribution is 2.35. The lowest BCUT2D eigenvalue weighted by molar-refractivity contribution is -0.137. The van der Waals surface area contributed by atoms with E-state index in [1.165, 1.54) is 0 Å². The van der Waals surface area contributed by atoms with Crippen molar-refractivity contribution in [2.75, 3.05) is 24.6 Å². The molecule has 1 aliphatic heterocycles. The van der Waals surface area contributed by atoms with Crippen LogP contribution >= 0.6 is 0 Å². The van der Waals surface area contributed by atoms with Crippen molar-refractivity contribution in [3.8, 4) is 11.3 Å². The fourth-order valence-corrected chi connectivity index (χ4v) is 3.95. The zero-order valence-corrected chi connectivity index (χ0v) is 19.1. The van der Waals surface area contributed by atoms with Crippen molar-refractivity contribution in [2.45, 2.75) is 26.1 Å². The second-order valence-electron chi connectivity index (χ2n) is 8.38. The van der Waals surface area contributed by atoms with Crippen LogP contribution in [0.15, 0.2) is 30.6 Å². The van der Waals surface area contributed by atoms with E-state index in [4.69, 9.17) is 4.74 Å². The molecule has 182 valence electrons. The van der Waals surface area contributed by atoms with Gasteiger partial charge in [-0.25, -0.2) is 19.3 Å². The number of aromatic nitrogens is 6. The fraction of sp³-hybridized carbons (Fsp3) is 0.348. The smallest absolute Gasteiger partial charge is 0.370 e. The van der Waals surface area contributed by atoms with Gasteiger partial charge in [-0.15, -0.1) is 0 Å². The number of anilines is 1. The van der Waals surface area contributed by atoms with E-state index in [1.807, 2.05) is 18.1 Å². The minimum Gasteiger partial charge on any atom is -0.370 e. The number of fused-ring (bicyclic) bond motifs is 1. The molecule has 0 N–H and O–H groups in total. The van der Waals surface area contributed by atoms with E-state index >= 15 is 0 Å². The maximum atomic E-state index is 15.0. The van der Waals surface area contributed by atoms with Crippen molar-refractivity contribution in [2.24, 2.45) is 7.05 Å². The number of nitrogens with zero attached hydrogens (tertiary/aromatic N) is 7. The zero-order valence-electron chi connectivity index (χ0n) is 19.1. The number of halogens is 4. The summed E-state index contributed by atoms with van der Waals surface area (Å²) in [5.41, 5.74) is 1.45. The van der Waals surface area contributed by atoms with Crippen LogP contribution in [0.1, 0.15) is 28.6 Å². The second kappa shape index (κ2) is 8.52. The molecule has 0 amide bonds. The van der Waals surface area contributed by atoms with E-state index in [0.29, 0.717) is 37.2 Å². The van der Waals surface area contributed by atoms with Crippen molar-refractivity contribution in [3.05, 3.63) is 58.9 Å². The molecule has 5 rings (SSSR count). The van der Waals surface area contributed by atoms with Gasteiger partial charge in [0.25, 0.3) is 0 Å². The number of hydrogen-bond donors (Lipinski definition) is 0. The van der Waals surface area contributed by atoms with Crippen molar-refractivity contribution < 1.29 is 22.3 Å². The monoisotopic (exact) mass is 487 g/mol. The van der Waals surface area contributed by atoms with Crippen molar-refractivity contribution in [3.63, 3.8) is 0 Å². The summed E-state index contributed by atoms with van der Waals surface area (Å²) in [4.78, 5) is 20.0. The molecule has 0 unspecified atom stereocenters. The molecule has 1 aromatic carbocycles. The Hall–Kier alpha value is -3.67. The molecule has 0 radical (unpaired) electrons. The Bertz CT molecular complexity index is 1420. The first-order valence-electron chi connectivity index (χ1n) is 10.9. The van der Waals surface area contributed by atoms with Crippen LogP contribution in [0, 0.1) is 19.7 Å². The molecule has 12 heteroatoms. The summed E-state index contributed by atoms with van der Waals surface area (Å²) in [6.45, 7) is 4.78. The number of benzene rings is 1. The van der Waals surface area contributed by atoms with E-state index in [2.05, 4.69) is 25.0 Å². The molecule has 3 aromatic heterocycles. The van der Waals surface area contributed by atoms with Gasteiger partial charge in [-0.2, -0.15) is 23.3 Å². The molecule has 35 heavy (non-hydrogen) atoms. The van der Waals surface area contributed by atoms with E-state index in [1.54, 1.807) is 24.7 Å². The van der Waals surface area contributed by atoms with Gasteiger partial charge in [0.15, 0.2) is 5.65 Å². The lowest BCUT2D eigenvalue weighted by atomic mass is 10.1. The first-order valence-corrected chi connectivity index (χ1v) is 10.9. The van der Waals surface area contributed by atoms with Crippen molar-refractivity contribution in [1.29, 1.82) is 0 Å². The van der Waals surface area contributed by atoms with Gasteiger partial charge in [-0.3, -0.25) is 4.68 Å². The number of ether oxygens (including phenoxy) is 1. The maximum absolute atomic E-state index is 15.0. The quantitative estimate of drug-likeness (QED) is 0.401. The van der Waals surface area contributed by atoms with Crippen LogP contribution in [0.5, 0.6) is 0 Å². The van der Waals surface area contributed by atoms with Crippen LogP contribution in [0.25, 0.3) is 22.4 Å². The highest BCUT2D eigenvalue weighted by molar-refractivity contribution is 5.88. The molecule has 1 saturated heterocycles. The Kier molecular flexibility index (Phi) is 5.62. The third kappa shape index (κ3) is 4.41. The lowest BCUT2D eigenvalue weighted by Crippen LogP contribution is -2.39. The van der Waals surface area contributed by atoms with Crippen LogP contribution < -0.4 is 4.90 Å². The molecule has 8 nitrogen and oxygen atoms in total. The van der Waals surface area contributed by atoms with Crippen LogP contribution in [0.3, 0.4) is 0 Å². The number of morpholine rings is 1. The normalized spacial score (nSPS) is 16.8. The first kappa shape index (κ1) is 23.1. The minimum absolute atomic E-state index is 0.0799. The Labute approximate surface area is 197 Å². The van der Waals surface area contributed by atoms with Gasteiger partial charge < -0.3 is 9.64 Å². The molecule has 0 spiro atoms. The summed E-state index contributed by atoms with van der Waals surface area (Å²) >= 11 is 0. The number of alkyl halides is 3. The number of rotatable bonds is 3.